The van der Waals surface area contributed by atoms with Crippen LogP contribution in [-0.4, -0.2) is 53.8 Å². The summed E-state index contributed by atoms with van der Waals surface area (Å²) in [7, 11) is 0. The lowest BCUT2D eigenvalue weighted by molar-refractivity contribution is -0.141. The van der Waals surface area contributed by atoms with E-state index >= 15 is 0 Å². The van der Waals surface area contributed by atoms with Crippen LogP contribution in [-0.2, 0) is 16.1 Å². The standard InChI is InChI=1S/C19H24FN3O2/c1-3-10-22(11-4-2)18(24)13-17-19(25)23(12-9-21-17)14-15-7-5-6-8-16(15)20/h3-8,17,21H,1-2,9-14H2. The Hall–Kier alpha value is -2.47. The highest BCUT2D eigenvalue weighted by atomic mass is 19.1. The molecule has 0 saturated carbocycles. The van der Waals surface area contributed by atoms with E-state index in [1.807, 2.05) is 0 Å². The summed E-state index contributed by atoms with van der Waals surface area (Å²) in [4.78, 5) is 28.2. The molecule has 1 saturated heterocycles. The van der Waals surface area contributed by atoms with Gasteiger partial charge in [-0.3, -0.25) is 9.59 Å². The minimum Gasteiger partial charge on any atom is -0.336 e. The molecule has 1 N–H and O–H groups in total. The molecule has 25 heavy (non-hydrogen) atoms. The van der Waals surface area contributed by atoms with E-state index in [1.165, 1.54) is 6.07 Å². The van der Waals surface area contributed by atoms with Crippen LogP contribution in [0.3, 0.4) is 0 Å². The van der Waals surface area contributed by atoms with Crippen molar-refractivity contribution in [1.82, 2.24) is 15.1 Å². The Morgan fingerprint density at radius 1 is 1.32 bits per heavy atom. The largest absolute Gasteiger partial charge is 0.336 e. The molecule has 1 aliphatic rings. The zero-order chi connectivity index (χ0) is 18.2. The summed E-state index contributed by atoms with van der Waals surface area (Å²) in [5.74, 6) is -0.650. The van der Waals surface area contributed by atoms with E-state index in [-0.39, 0.29) is 30.6 Å². The van der Waals surface area contributed by atoms with Gasteiger partial charge in [0.2, 0.25) is 11.8 Å². The lowest BCUT2D eigenvalue weighted by Gasteiger charge is -2.34. The first-order valence-electron chi connectivity index (χ1n) is 8.32. The molecule has 0 aromatic heterocycles. The van der Waals surface area contributed by atoms with Crippen molar-refractivity contribution in [3.05, 3.63) is 61.0 Å². The molecule has 0 radical (unpaired) electrons. The SMILES string of the molecule is C=CCN(CC=C)C(=O)CC1NCCN(Cc2ccccc2F)C1=O. The number of nitrogens with one attached hydrogen (secondary N) is 1. The van der Waals surface area contributed by atoms with Crippen LogP contribution in [0.1, 0.15) is 12.0 Å². The number of benzene rings is 1. The fourth-order valence-corrected chi connectivity index (χ4v) is 2.83. The number of carbonyl (C=O) groups excluding carboxylic acids is 2. The average molecular weight is 345 g/mol. The molecule has 1 aliphatic heterocycles. The number of hydrogen-bond donors (Lipinski definition) is 1. The van der Waals surface area contributed by atoms with Crippen molar-refractivity contribution >= 4 is 11.8 Å². The lowest BCUT2D eigenvalue weighted by atomic mass is 10.1. The highest BCUT2D eigenvalue weighted by molar-refractivity contribution is 5.89. The fourth-order valence-electron chi connectivity index (χ4n) is 2.83. The molecule has 2 amide bonds. The van der Waals surface area contributed by atoms with Crippen LogP contribution in [0.25, 0.3) is 0 Å². The van der Waals surface area contributed by atoms with Gasteiger partial charge in [-0.15, -0.1) is 13.2 Å². The Morgan fingerprint density at radius 2 is 2.00 bits per heavy atom. The van der Waals surface area contributed by atoms with Gasteiger partial charge in [0.05, 0.1) is 12.5 Å². The molecule has 1 aromatic rings. The molecular weight excluding hydrogens is 321 g/mol. The number of amides is 2. The third kappa shape index (κ3) is 5.00. The number of rotatable bonds is 8. The zero-order valence-corrected chi connectivity index (χ0v) is 14.3. The van der Waals surface area contributed by atoms with Gasteiger partial charge in [-0.25, -0.2) is 4.39 Å². The number of carbonyl (C=O) groups is 2. The molecular formula is C19H24FN3O2. The average Bonchev–Trinajstić information content (AvgIpc) is 2.60. The minimum atomic E-state index is -0.592. The van der Waals surface area contributed by atoms with E-state index in [0.29, 0.717) is 31.7 Å². The van der Waals surface area contributed by atoms with E-state index < -0.39 is 6.04 Å². The molecule has 1 heterocycles. The van der Waals surface area contributed by atoms with Gasteiger partial charge in [-0.05, 0) is 6.07 Å². The summed E-state index contributed by atoms with van der Waals surface area (Å²) >= 11 is 0. The third-order valence-corrected chi connectivity index (χ3v) is 4.13. The number of piperazine rings is 1. The molecule has 0 spiro atoms. The number of nitrogens with zero attached hydrogens (tertiary/aromatic N) is 2. The van der Waals surface area contributed by atoms with Crippen molar-refractivity contribution in [1.29, 1.82) is 0 Å². The zero-order valence-electron chi connectivity index (χ0n) is 14.3. The quantitative estimate of drug-likeness (QED) is 0.730. The van der Waals surface area contributed by atoms with Crippen LogP contribution in [0.5, 0.6) is 0 Å². The Labute approximate surface area is 147 Å². The summed E-state index contributed by atoms with van der Waals surface area (Å²) < 4.78 is 13.8. The molecule has 0 aliphatic carbocycles. The maximum atomic E-state index is 13.8. The second-order valence-electron chi connectivity index (χ2n) is 5.94. The molecule has 2 rings (SSSR count). The van der Waals surface area contributed by atoms with Crippen LogP contribution < -0.4 is 5.32 Å². The van der Waals surface area contributed by atoms with Crippen LogP contribution in [0, 0.1) is 5.82 Å². The maximum absolute atomic E-state index is 13.8. The lowest BCUT2D eigenvalue weighted by Crippen LogP contribution is -2.56. The topological polar surface area (TPSA) is 52.7 Å². The smallest absolute Gasteiger partial charge is 0.240 e. The van der Waals surface area contributed by atoms with Gasteiger partial charge >= 0.3 is 0 Å². The van der Waals surface area contributed by atoms with Crippen molar-refractivity contribution in [2.45, 2.75) is 19.0 Å². The monoisotopic (exact) mass is 345 g/mol. The first-order chi connectivity index (χ1) is 12.1. The molecule has 1 atom stereocenters. The summed E-state index contributed by atoms with van der Waals surface area (Å²) in [5.41, 5.74) is 0.475. The minimum absolute atomic E-state index is 0.0638. The number of halogens is 1. The predicted octanol–water partition coefficient (Wildman–Crippen LogP) is 1.72. The molecule has 1 fully saturated rings. The predicted molar refractivity (Wildman–Crippen MR) is 95.2 cm³/mol. The van der Waals surface area contributed by atoms with E-state index in [2.05, 4.69) is 18.5 Å². The first kappa shape index (κ1) is 18.9. The highest BCUT2D eigenvalue weighted by Gasteiger charge is 2.31. The molecule has 6 heteroatoms. The van der Waals surface area contributed by atoms with E-state index in [9.17, 15) is 14.0 Å². The van der Waals surface area contributed by atoms with Crippen molar-refractivity contribution < 1.29 is 14.0 Å². The van der Waals surface area contributed by atoms with Gasteiger partial charge in [-0.2, -0.15) is 0 Å². The second-order valence-corrected chi connectivity index (χ2v) is 5.94. The highest BCUT2D eigenvalue weighted by Crippen LogP contribution is 2.14. The van der Waals surface area contributed by atoms with Crippen LogP contribution >= 0.6 is 0 Å². The summed E-state index contributed by atoms with van der Waals surface area (Å²) in [6.07, 6.45) is 3.35. The van der Waals surface area contributed by atoms with Crippen LogP contribution in [0.15, 0.2) is 49.6 Å². The Morgan fingerprint density at radius 3 is 2.64 bits per heavy atom. The summed E-state index contributed by atoms with van der Waals surface area (Å²) in [6, 6.07) is 5.82. The van der Waals surface area contributed by atoms with Gasteiger partial charge in [0, 0.05) is 38.3 Å². The summed E-state index contributed by atoms with van der Waals surface area (Å²) in [5, 5.41) is 3.09. The van der Waals surface area contributed by atoms with E-state index in [4.69, 9.17) is 0 Å². The normalized spacial score (nSPS) is 17.2. The van der Waals surface area contributed by atoms with Crippen LogP contribution in [0.4, 0.5) is 4.39 Å². The van der Waals surface area contributed by atoms with Gasteiger partial charge in [0.15, 0.2) is 0 Å². The molecule has 1 unspecified atom stereocenters. The van der Waals surface area contributed by atoms with Gasteiger partial charge in [0.25, 0.3) is 0 Å². The third-order valence-electron chi connectivity index (χ3n) is 4.13. The fraction of sp³-hybridized carbons (Fsp3) is 0.368. The van der Waals surface area contributed by atoms with Gasteiger partial charge in [0.1, 0.15) is 5.82 Å². The second kappa shape index (κ2) is 9.13. The molecule has 5 nitrogen and oxygen atoms in total. The summed E-state index contributed by atoms with van der Waals surface area (Å²) in [6.45, 7) is 9.36. The van der Waals surface area contributed by atoms with E-state index in [0.717, 1.165) is 0 Å². The maximum Gasteiger partial charge on any atom is 0.240 e. The van der Waals surface area contributed by atoms with Crippen molar-refractivity contribution in [3.63, 3.8) is 0 Å². The molecule has 134 valence electrons. The molecule has 1 aromatic carbocycles. The number of hydrogen-bond acceptors (Lipinski definition) is 3. The van der Waals surface area contributed by atoms with E-state index in [1.54, 1.807) is 40.2 Å². The van der Waals surface area contributed by atoms with Crippen molar-refractivity contribution in [2.75, 3.05) is 26.2 Å². The first-order valence-corrected chi connectivity index (χ1v) is 8.32. The van der Waals surface area contributed by atoms with Crippen LogP contribution in [0.2, 0.25) is 0 Å². The van der Waals surface area contributed by atoms with Crippen molar-refractivity contribution in [3.8, 4) is 0 Å². The Kier molecular flexibility index (Phi) is 6.89. The van der Waals surface area contributed by atoms with Gasteiger partial charge in [-0.1, -0.05) is 30.4 Å². The Bertz CT molecular complexity index is 637. The van der Waals surface area contributed by atoms with Crippen molar-refractivity contribution in [2.24, 2.45) is 0 Å². The Balaban J connectivity index is 2.01. The van der Waals surface area contributed by atoms with Gasteiger partial charge < -0.3 is 15.1 Å². The molecule has 0 bridgehead atoms.